The molecule has 1 aliphatic carbocycles. The second-order valence-electron chi connectivity index (χ2n) is 7.21. The first-order chi connectivity index (χ1) is 15.2. The maximum atomic E-state index is 12.9. The number of hydrogen-bond acceptors (Lipinski definition) is 3. The summed E-state index contributed by atoms with van der Waals surface area (Å²) in [4.78, 5) is 29.5. The van der Waals surface area contributed by atoms with Crippen LogP contribution in [0, 0.1) is 5.92 Å². The molecule has 1 aromatic heterocycles. The summed E-state index contributed by atoms with van der Waals surface area (Å²) in [5, 5.41) is 6.52. The Bertz CT molecular complexity index is 1180. The lowest BCUT2D eigenvalue weighted by atomic mass is 10.1. The molecule has 4 rings (SSSR count). The van der Waals surface area contributed by atoms with Crippen molar-refractivity contribution in [1.29, 1.82) is 0 Å². The summed E-state index contributed by atoms with van der Waals surface area (Å²) in [6.45, 7) is 0. The molecule has 164 valence electrons. The number of carbonyl (C=O) groups excluding carboxylic acids is 2. The fraction of sp³-hybridized carbons (Fsp3) is 0.136. The quantitative estimate of drug-likeness (QED) is 0.356. The van der Waals surface area contributed by atoms with Crippen molar-refractivity contribution in [3.05, 3.63) is 87.1 Å². The van der Waals surface area contributed by atoms with Crippen molar-refractivity contribution >= 4 is 81.2 Å². The molecule has 0 aliphatic heterocycles. The van der Waals surface area contributed by atoms with Gasteiger partial charge in [0.05, 0.1) is 28.4 Å². The zero-order valence-corrected chi connectivity index (χ0v) is 19.9. The first-order valence-corrected chi connectivity index (χ1v) is 11.2. The van der Waals surface area contributed by atoms with Crippen molar-refractivity contribution < 1.29 is 9.59 Å². The van der Waals surface area contributed by atoms with Gasteiger partial charge >= 0.3 is 0 Å². The van der Waals surface area contributed by atoms with Gasteiger partial charge in [-0.3, -0.25) is 14.6 Å². The maximum Gasteiger partial charge on any atom is 0.257 e. The highest BCUT2D eigenvalue weighted by molar-refractivity contribution is 6.53. The average molecular weight is 530 g/mol. The van der Waals surface area contributed by atoms with E-state index < -0.39 is 28.0 Å². The number of hydrogen-bond donors (Lipinski definition) is 2. The zero-order valence-electron chi connectivity index (χ0n) is 16.1. The predicted octanol–water partition coefficient (Wildman–Crippen LogP) is 6.82. The van der Waals surface area contributed by atoms with E-state index in [1.54, 1.807) is 42.6 Å². The summed E-state index contributed by atoms with van der Waals surface area (Å²) in [6, 6.07) is 12.9. The third kappa shape index (κ3) is 4.82. The third-order valence-corrected chi connectivity index (χ3v) is 6.68. The summed E-state index contributed by atoms with van der Waals surface area (Å²) < 4.78 is -1.31. The molecular formula is C22H14Cl5N3O2. The van der Waals surface area contributed by atoms with E-state index in [1.807, 2.05) is 0 Å². The number of nitrogens with zero attached hydrogens (tertiary/aromatic N) is 1. The van der Waals surface area contributed by atoms with Crippen LogP contribution in [0.15, 0.2) is 60.9 Å². The van der Waals surface area contributed by atoms with Gasteiger partial charge in [0.25, 0.3) is 5.91 Å². The number of nitrogens with one attached hydrogen (secondary N) is 2. The highest BCUT2D eigenvalue weighted by Crippen LogP contribution is 2.65. The number of anilines is 2. The lowest BCUT2D eigenvalue weighted by Crippen LogP contribution is -2.18. The van der Waals surface area contributed by atoms with Crippen molar-refractivity contribution in [3.8, 4) is 0 Å². The summed E-state index contributed by atoms with van der Waals surface area (Å²) >= 11 is 31.1. The van der Waals surface area contributed by atoms with Gasteiger partial charge in [-0.05, 0) is 54.1 Å². The van der Waals surface area contributed by atoms with Crippen LogP contribution in [0.2, 0.25) is 15.1 Å². The Labute approximate surface area is 209 Å². The van der Waals surface area contributed by atoms with Crippen molar-refractivity contribution in [1.82, 2.24) is 4.98 Å². The summed E-state index contributed by atoms with van der Waals surface area (Å²) in [5.74, 6) is -2.07. The minimum absolute atomic E-state index is 0.185. The van der Waals surface area contributed by atoms with Crippen LogP contribution in [0.25, 0.3) is 0 Å². The molecule has 3 aromatic rings. The van der Waals surface area contributed by atoms with Gasteiger partial charge in [-0.15, -0.1) is 23.2 Å². The molecule has 2 aromatic carbocycles. The smallest absolute Gasteiger partial charge is 0.257 e. The van der Waals surface area contributed by atoms with Crippen molar-refractivity contribution in [2.75, 3.05) is 10.6 Å². The average Bonchev–Trinajstić information content (AvgIpc) is 3.31. The molecule has 1 fully saturated rings. The first kappa shape index (κ1) is 23.1. The summed E-state index contributed by atoms with van der Waals surface area (Å²) in [5.41, 5.74) is 1.73. The van der Waals surface area contributed by atoms with Crippen LogP contribution in [0.1, 0.15) is 21.8 Å². The van der Waals surface area contributed by atoms with Crippen LogP contribution in [0.5, 0.6) is 0 Å². The Morgan fingerprint density at radius 1 is 0.906 bits per heavy atom. The van der Waals surface area contributed by atoms with E-state index in [1.165, 1.54) is 18.3 Å². The molecule has 1 heterocycles. The van der Waals surface area contributed by atoms with Gasteiger partial charge in [0, 0.05) is 27.8 Å². The highest BCUT2D eigenvalue weighted by Gasteiger charge is 2.67. The molecule has 32 heavy (non-hydrogen) atoms. The van der Waals surface area contributed by atoms with Gasteiger partial charge in [-0.2, -0.15) is 0 Å². The van der Waals surface area contributed by atoms with E-state index in [4.69, 9.17) is 58.0 Å². The Hall–Kier alpha value is -2.02. The Morgan fingerprint density at radius 2 is 1.62 bits per heavy atom. The van der Waals surface area contributed by atoms with Crippen LogP contribution in [-0.2, 0) is 4.79 Å². The summed E-state index contributed by atoms with van der Waals surface area (Å²) in [6.07, 6.45) is 3.10. The molecule has 2 N–H and O–H groups in total. The van der Waals surface area contributed by atoms with E-state index >= 15 is 0 Å². The molecule has 0 radical (unpaired) electrons. The second kappa shape index (κ2) is 9.08. The number of pyridine rings is 1. The van der Waals surface area contributed by atoms with Gasteiger partial charge in [-0.25, -0.2) is 0 Å². The minimum atomic E-state index is -1.31. The van der Waals surface area contributed by atoms with Gasteiger partial charge in [0.1, 0.15) is 4.33 Å². The number of alkyl halides is 2. The van der Waals surface area contributed by atoms with Gasteiger partial charge in [0.15, 0.2) is 0 Å². The maximum absolute atomic E-state index is 12.9. The van der Waals surface area contributed by atoms with E-state index in [0.29, 0.717) is 27.0 Å². The van der Waals surface area contributed by atoms with Crippen LogP contribution in [0.3, 0.4) is 0 Å². The number of amides is 2. The molecule has 2 atom stereocenters. The highest BCUT2D eigenvalue weighted by atomic mass is 35.5. The predicted molar refractivity (Wildman–Crippen MR) is 129 cm³/mol. The number of carbonyl (C=O) groups is 2. The Morgan fingerprint density at radius 3 is 2.28 bits per heavy atom. The monoisotopic (exact) mass is 527 g/mol. The molecule has 0 unspecified atom stereocenters. The van der Waals surface area contributed by atoms with E-state index in [-0.39, 0.29) is 10.6 Å². The van der Waals surface area contributed by atoms with Gasteiger partial charge in [0.2, 0.25) is 5.91 Å². The van der Waals surface area contributed by atoms with Crippen LogP contribution < -0.4 is 10.6 Å². The fourth-order valence-electron chi connectivity index (χ4n) is 3.45. The SMILES string of the molecule is O=C(Nc1cccnc1)c1cc(NC(=O)[C@@H]2[C@@H](c3cc(Cl)cc(Cl)c3)C2(Cl)Cl)ccc1Cl. The zero-order chi connectivity index (χ0) is 23.0. The normalized spacial score (nSPS) is 18.7. The standard InChI is InChI=1S/C22H14Cl5N3O2/c23-12-6-11(7-13(24)8-12)18-19(22(18,26)27)21(32)29-14-3-4-17(25)16(9-14)20(31)30-15-2-1-5-28-10-15/h1-10,18-19H,(H,29,32)(H,30,31)/t18-,19+/m1/s1. The number of rotatable bonds is 5. The molecule has 10 heteroatoms. The number of halogens is 5. The fourth-order valence-corrected chi connectivity index (χ4v) is 5.03. The molecule has 1 aliphatic rings. The largest absolute Gasteiger partial charge is 0.326 e. The Kier molecular flexibility index (Phi) is 6.57. The second-order valence-corrected chi connectivity index (χ2v) is 9.94. The number of aromatic nitrogens is 1. The van der Waals surface area contributed by atoms with E-state index in [0.717, 1.165) is 0 Å². The van der Waals surface area contributed by atoms with Crippen LogP contribution in [-0.4, -0.2) is 21.1 Å². The molecular weight excluding hydrogens is 516 g/mol. The van der Waals surface area contributed by atoms with Crippen molar-refractivity contribution in [2.24, 2.45) is 5.92 Å². The first-order valence-electron chi connectivity index (χ1n) is 9.32. The topological polar surface area (TPSA) is 71.1 Å². The van der Waals surface area contributed by atoms with Crippen LogP contribution in [0.4, 0.5) is 11.4 Å². The molecule has 2 amide bonds. The third-order valence-electron chi connectivity index (χ3n) is 4.98. The van der Waals surface area contributed by atoms with Crippen molar-refractivity contribution in [2.45, 2.75) is 10.3 Å². The van der Waals surface area contributed by atoms with Crippen LogP contribution >= 0.6 is 58.0 Å². The van der Waals surface area contributed by atoms with E-state index in [9.17, 15) is 9.59 Å². The molecule has 0 saturated heterocycles. The Balaban J connectivity index is 1.51. The minimum Gasteiger partial charge on any atom is -0.326 e. The summed E-state index contributed by atoms with van der Waals surface area (Å²) in [7, 11) is 0. The van der Waals surface area contributed by atoms with Crippen molar-refractivity contribution in [3.63, 3.8) is 0 Å². The van der Waals surface area contributed by atoms with Gasteiger partial charge in [-0.1, -0.05) is 34.8 Å². The van der Waals surface area contributed by atoms with Gasteiger partial charge < -0.3 is 10.6 Å². The lowest BCUT2D eigenvalue weighted by Gasteiger charge is -2.10. The molecule has 1 saturated carbocycles. The number of benzene rings is 2. The molecule has 5 nitrogen and oxygen atoms in total. The lowest BCUT2D eigenvalue weighted by molar-refractivity contribution is -0.117. The molecule has 0 spiro atoms. The molecule has 0 bridgehead atoms. The van der Waals surface area contributed by atoms with E-state index in [2.05, 4.69) is 15.6 Å².